The lowest BCUT2D eigenvalue weighted by molar-refractivity contribution is -0.141. The number of carbonyl (C=O) groups excluding carboxylic acids is 2. The smallest absolute Gasteiger partial charge is 0.295 e. The molecule has 154 valence electrons. The Morgan fingerprint density at radius 3 is 2.63 bits per heavy atom. The third-order valence-corrected chi connectivity index (χ3v) is 6.09. The number of pyridine rings is 1. The van der Waals surface area contributed by atoms with Gasteiger partial charge in [0.05, 0.1) is 11.6 Å². The van der Waals surface area contributed by atoms with Crippen molar-refractivity contribution in [3.8, 4) is 11.5 Å². The van der Waals surface area contributed by atoms with Crippen molar-refractivity contribution in [3.63, 3.8) is 0 Å². The Kier molecular flexibility index (Phi) is 4.65. The lowest BCUT2D eigenvalue weighted by Gasteiger charge is -2.35. The van der Waals surface area contributed by atoms with Crippen molar-refractivity contribution in [1.29, 1.82) is 0 Å². The quantitative estimate of drug-likeness (QED) is 0.476. The van der Waals surface area contributed by atoms with Crippen LogP contribution in [0.25, 0.3) is 5.76 Å². The maximum absolute atomic E-state index is 13.1. The standard InChI is InChI=1S/C23H22N2O5/c26-21(14-8-9-17-18(11-14)30-13-29-17)19-20(15-5-4-10-24-12-15)25(23(28)22(19)27)16-6-2-1-3-7-16/h4-5,8-12,16,20,26H,1-3,6-7,13H2/b21-19-. The lowest BCUT2D eigenvalue weighted by Crippen LogP contribution is -2.40. The maximum Gasteiger partial charge on any atom is 0.295 e. The first-order valence-corrected chi connectivity index (χ1v) is 10.2. The highest BCUT2D eigenvalue weighted by Crippen LogP contribution is 2.43. The minimum absolute atomic E-state index is 0.0255. The second-order valence-electron chi connectivity index (χ2n) is 7.85. The normalized spacial score (nSPS) is 23.2. The van der Waals surface area contributed by atoms with E-state index in [0.717, 1.165) is 32.1 Å². The molecule has 1 amide bonds. The Bertz CT molecular complexity index is 1030. The van der Waals surface area contributed by atoms with Gasteiger partial charge in [0.1, 0.15) is 5.76 Å². The molecule has 1 N–H and O–H groups in total. The SMILES string of the molecule is O=C1C(=O)N(C2CCCCC2)C(c2cccnc2)/C1=C(/O)c1ccc2c(c1)OCO2. The molecule has 1 saturated heterocycles. The van der Waals surface area contributed by atoms with Crippen molar-refractivity contribution in [2.45, 2.75) is 44.2 Å². The van der Waals surface area contributed by atoms with Crippen LogP contribution in [0.4, 0.5) is 0 Å². The number of hydrogen-bond acceptors (Lipinski definition) is 6. The molecule has 0 radical (unpaired) electrons. The molecule has 30 heavy (non-hydrogen) atoms. The number of aliphatic hydroxyl groups is 1. The Labute approximate surface area is 173 Å². The molecule has 1 saturated carbocycles. The summed E-state index contributed by atoms with van der Waals surface area (Å²) in [6, 6.07) is 7.91. The van der Waals surface area contributed by atoms with Gasteiger partial charge in [-0.15, -0.1) is 0 Å². The first-order valence-electron chi connectivity index (χ1n) is 10.2. The van der Waals surface area contributed by atoms with E-state index in [4.69, 9.17) is 9.47 Å². The number of likely N-dealkylation sites (tertiary alicyclic amines) is 1. The fraction of sp³-hybridized carbons (Fsp3) is 0.348. The van der Waals surface area contributed by atoms with E-state index < -0.39 is 17.7 Å². The lowest BCUT2D eigenvalue weighted by atomic mass is 9.91. The number of benzene rings is 1. The fourth-order valence-corrected chi connectivity index (χ4v) is 4.65. The van der Waals surface area contributed by atoms with Crippen molar-refractivity contribution in [1.82, 2.24) is 9.88 Å². The van der Waals surface area contributed by atoms with Crippen LogP contribution in [0.2, 0.25) is 0 Å². The molecule has 7 nitrogen and oxygen atoms in total. The highest BCUT2D eigenvalue weighted by molar-refractivity contribution is 6.46. The zero-order chi connectivity index (χ0) is 20.7. The molecule has 3 heterocycles. The largest absolute Gasteiger partial charge is 0.507 e. The summed E-state index contributed by atoms with van der Waals surface area (Å²) in [5.74, 6) is -0.349. The number of amides is 1. The van der Waals surface area contributed by atoms with Gasteiger partial charge in [-0.05, 0) is 42.7 Å². The predicted octanol–water partition coefficient (Wildman–Crippen LogP) is 3.56. The van der Waals surface area contributed by atoms with E-state index in [1.165, 1.54) is 0 Å². The number of carbonyl (C=O) groups is 2. The molecular weight excluding hydrogens is 384 g/mol. The van der Waals surface area contributed by atoms with Gasteiger partial charge >= 0.3 is 0 Å². The summed E-state index contributed by atoms with van der Waals surface area (Å²) < 4.78 is 10.7. The predicted molar refractivity (Wildman–Crippen MR) is 108 cm³/mol. The van der Waals surface area contributed by atoms with Gasteiger partial charge in [-0.3, -0.25) is 14.6 Å². The molecule has 2 aromatic rings. The summed E-state index contributed by atoms with van der Waals surface area (Å²) in [6.45, 7) is 0.112. The molecule has 5 rings (SSSR count). The van der Waals surface area contributed by atoms with Gasteiger partial charge < -0.3 is 19.5 Å². The summed E-state index contributed by atoms with van der Waals surface area (Å²) in [4.78, 5) is 32.0. The number of hydrogen-bond donors (Lipinski definition) is 1. The molecule has 1 aromatic carbocycles. The number of aromatic nitrogens is 1. The summed E-state index contributed by atoms with van der Waals surface area (Å²) in [6.07, 6.45) is 8.19. The zero-order valence-electron chi connectivity index (χ0n) is 16.4. The number of rotatable bonds is 3. The first-order chi connectivity index (χ1) is 14.6. The van der Waals surface area contributed by atoms with Crippen molar-refractivity contribution >= 4 is 17.4 Å². The van der Waals surface area contributed by atoms with Crippen LogP contribution in [-0.2, 0) is 9.59 Å². The van der Waals surface area contributed by atoms with E-state index in [1.54, 1.807) is 41.6 Å². The second-order valence-corrected chi connectivity index (χ2v) is 7.85. The monoisotopic (exact) mass is 406 g/mol. The van der Waals surface area contributed by atoms with E-state index >= 15 is 0 Å². The number of Topliss-reactive ketones (excluding diaryl/α,β-unsaturated/α-hetero) is 1. The minimum Gasteiger partial charge on any atom is -0.507 e. The second kappa shape index (κ2) is 7.48. The van der Waals surface area contributed by atoms with Gasteiger partial charge in [0.15, 0.2) is 11.5 Å². The van der Waals surface area contributed by atoms with E-state index in [0.29, 0.717) is 22.6 Å². The topological polar surface area (TPSA) is 89.0 Å². The first kappa shape index (κ1) is 18.7. The molecule has 1 aliphatic carbocycles. The average molecular weight is 406 g/mol. The average Bonchev–Trinajstić information content (AvgIpc) is 3.36. The Hall–Kier alpha value is -3.35. The third kappa shape index (κ3) is 3.01. The number of nitrogens with zero attached hydrogens (tertiary/aromatic N) is 2. The van der Waals surface area contributed by atoms with Gasteiger partial charge in [-0.1, -0.05) is 25.3 Å². The summed E-state index contributed by atoms with van der Waals surface area (Å²) >= 11 is 0. The van der Waals surface area contributed by atoms with Crippen LogP contribution >= 0.6 is 0 Å². The number of aliphatic hydroxyl groups excluding tert-OH is 1. The number of ether oxygens (including phenoxy) is 2. The summed E-state index contributed by atoms with van der Waals surface area (Å²) in [7, 11) is 0. The molecule has 0 bridgehead atoms. The van der Waals surface area contributed by atoms with Crippen LogP contribution in [0, 0.1) is 0 Å². The van der Waals surface area contributed by atoms with Crippen molar-refractivity contribution in [2.24, 2.45) is 0 Å². The van der Waals surface area contributed by atoms with Crippen LogP contribution in [0.15, 0.2) is 48.3 Å². The molecule has 2 fully saturated rings. The molecule has 1 atom stereocenters. The van der Waals surface area contributed by atoms with Gasteiger partial charge in [0.2, 0.25) is 6.79 Å². The van der Waals surface area contributed by atoms with Gasteiger partial charge in [-0.2, -0.15) is 0 Å². The highest BCUT2D eigenvalue weighted by Gasteiger charge is 2.49. The maximum atomic E-state index is 13.1. The van der Waals surface area contributed by atoms with Crippen molar-refractivity contribution in [3.05, 3.63) is 59.4 Å². The van der Waals surface area contributed by atoms with Crippen LogP contribution in [0.3, 0.4) is 0 Å². The van der Waals surface area contributed by atoms with Crippen LogP contribution in [0.1, 0.15) is 49.3 Å². The third-order valence-electron chi connectivity index (χ3n) is 6.09. The molecule has 7 heteroatoms. The summed E-state index contributed by atoms with van der Waals surface area (Å²) in [5.41, 5.74) is 1.22. The fourth-order valence-electron chi connectivity index (χ4n) is 4.65. The Morgan fingerprint density at radius 2 is 1.87 bits per heavy atom. The minimum atomic E-state index is -0.662. The summed E-state index contributed by atoms with van der Waals surface area (Å²) in [5, 5.41) is 11.2. The zero-order valence-corrected chi connectivity index (χ0v) is 16.4. The number of ketones is 1. The van der Waals surface area contributed by atoms with Gasteiger partial charge in [0, 0.05) is 24.0 Å². The molecule has 0 spiro atoms. The van der Waals surface area contributed by atoms with E-state index in [-0.39, 0.29) is 24.2 Å². The Morgan fingerprint density at radius 1 is 1.07 bits per heavy atom. The van der Waals surface area contributed by atoms with E-state index in [2.05, 4.69) is 4.98 Å². The van der Waals surface area contributed by atoms with E-state index in [9.17, 15) is 14.7 Å². The van der Waals surface area contributed by atoms with Gasteiger partial charge in [0.25, 0.3) is 11.7 Å². The number of fused-ring (bicyclic) bond motifs is 1. The molecule has 3 aliphatic rings. The van der Waals surface area contributed by atoms with Crippen molar-refractivity contribution in [2.75, 3.05) is 6.79 Å². The molecule has 2 aliphatic heterocycles. The molecule has 1 unspecified atom stereocenters. The Balaban J connectivity index is 1.64. The van der Waals surface area contributed by atoms with Crippen LogP contribution in [0.5, 0.6) is 11.5 Å². The van der Waals surface area contributed by atoms with Crippen molar-refractivity contribution < 1.29 is 24.2 Å². The van der Waals surface area contributed by atoms with Crippen LogP contribution < -0.4 is 9.47 Å². The van der Waals surface area contributed by atoms with Crippen LogP contribution in [-0.4, -0.2) is 39.5 Å². The van der Waals surface area contributed by atoms with E-state index in [1.807, 2.05) is 6.07 Å². The van der Waals surface area contributed by atoms with Gasteiger partial charge in [-0.25, -0.2) is 0 Å². The highest BCUT2D eigenvalue weighted by atomic mass is 16.7. The molecular formula is C23H22N2O5. The molecule has 1 aromatic heterocycles.